The highest BCUT2D eigenvalue weighted by molar-refractivity contribution is 7.89. The van der Waals surface area contributed by atoms with Gasteiger partial charge in [0.1, 0.15) is 0 Å². The van der Waals surface area contributed by atoms with Crippen LogP contribution in [0, 0.1) is 0 Å². The second-order valence-electron chi connectivity index (χ2n) is 6.97. The molecule has 154 valence electrons. The van der Waals surface area contributed by atoms with Crippen LogP contribution in [0.1, 0.15) is 25.3 Å². The SMILES string of the molecule is CCS(=O)(=O)N1CCC(NC(=NC)NCCc2c[nH]c3ccc(Cl)cc23)CC1. The first-order valence-corrected chi connectivity index (χ1v) is 11.6. The largest absolute Gasteiger partial charge is 0.361 e. The molecule has 0 spiro atoms. The van der Waals surface area contributed by atoms with E-state index >= 15 is 0 Å². The van der Waals surface area contributed by atoms with Crippen molar-refractivity contribution in [2.24, 2.45) is 4.99 Å². The van der Waals surface area contributed by atoms with Crippen LogP contribution < -0.4 is 10.6 Å². The average Bonchev–Trinajstić information content (AvgIpc) is 3.09. The molecular weight excluding hydrogens is 398 g/mol. The predicted molar refractivity (Wildman–Crippen MR) is 116 cm³/mol. The zero-order valence-electron chi connectivity index (χ0n) is 16.3. The van der Waals surface area contributed by atoms with Crippen LogP contribution >= 0.6 is 11.6 Å². The summed E-state index contributed by atoms with van der Waals surface area (Å²) in [6.07, 6.45) is 4.42. The van der Waals surface area contributed by atoms with Gasteiger partial charge >= 0.3 is 0 Å². The van der Waals surface area contributed by atoms with Gasteiger partial charge in [-0.1, -0.05) is 11.6 Å². The summed E-state index contributed by atoms with van der Waals surface area (Å²) < 4.78 is 25.5. The van der Waals surface area contributed by atoms with Crippen molar-refractivity contribution in [1.29, 1.82) is 0 Å². The van der Waals surface area contributed by atoms with Crippen LogP contribution in [0.3, 0.4) is 0 Å². The fourth-order valence-corrected chi connectivity index (χ4v) is 4.83. The fourth-order valence-electron chi connectivity index (χ4n) is 3.52. The maximum absolute atomic E-state index is 12.0. The Morgan fingerprint density at radius 1 is 1.36 bits per heavy atom. The molecule has 1 aromatic heterocycles. The molecule has 9 heteroatoms. The van der Waals surface area contributed by atoms with Gasteiger partial charge in [-0.25, -0.2) is 12.7 Å². The number of fused-ring (bicyclic) bond motifs is 1. The molecule has 0 bridgehead atoms. The average molecular weight is 426 g/mol. The molecule has 1 fully saturated rings. The van der Waals surface area contributed by atoms with E-state index in [4.69, 9.17) is 11.6 Å². The molecule has 0 aliphatic carbocycles. The minimum atomic E-state index is -3.09. The van der Waals surface area contributed by atoms with Crippen molar-refractivity contribution >= 4 is 38.5 Å². The molecule has 1 aliphatic heterocycles. The summed E-state index contributed by atoms with van der Waals surface area (Å²) in [7, 11) is -1.34. The minimum Gasteiger partial charge on any atom is -0.361 e. The molecule has 1 saturated heterocycles. The first-order valence-electron chi connectivity index (χ1n) is 9.63. The lowest BCUT2D eigenvalue weighted by Crippen LogP contribution is -2.50. The number of hydrogen-bond acceptors (Lipinski definition) is 3. The summed E-state index contributed by atoms with van der Waals surface area (Å²) in [6, 6.07) is 6.07. The molecule has 3 rings (SSSR count). The molecule has 28 heavy (non-hydrogen) atoms. The second kappa shape index (κ2) is 9.15. The fraction of sp³-hybridized carbons (Fsp3) is 0.526. The molecule has 1 aliphatic rings. The summed E-state index contributed by atoms with van der Waals surface area (Å²) >= 11 is 6.11. The lowest BCUT2D eigenvalue weighted by molar-refractivity contribution is 0.306. The molecule has 1 aromatic carbocycles. The summed E-state index contributed by atoms with van der Waals surface area (Å²) in [6.45, 7) is 3.54. The van der Waals surface area contributed by atoms with E-state index in [1.807, 2.05) is 24.4 Å². The highest BCUT2D eigenvalue weighted by atomic mass is 35.5. The van der Waals surface area contributed by atoms with E-state index in [1.165, 1.54) is 5.56 Å². The van der Waals surface area contributed by atoms with Gasteiger partial charge in [-0.2, -0.15) is 0 Å². The van der Waals surface area contributed by atoms with Gasteiger partial charge in [0, 0.05) is 54.8 Å². The number of aromatic nitrogens is 1. The van der Waals surface area contributed by atoms with Crippen LogP contribution in [-0.4, -0.2) is 62.1 Å². The van der Waals surface area contributed by atoms with Crippen LogP contribution in [-0.2, 0) is 16.4 Å². The van der Waals surface area contributed by atoms with Crippen molar-refractivity contribution in [3.8, 4) is 0 Å². The van der Waals surface area contributed by atoms with E-state index in [0.717, 1.165) is 47.7 Å². The molecule has 0 saturated carbocycles. The predicted octanol–water partition coefficient (Wildman–Crippen LogP) is 2.34. The maximum Gasteiger partial charge on any atom is 0.213 e. The van der Waals surface area contributed by atoms with E-state index < -0.39 is 10.0 Å². The Bertz CT molecular complexity index is 933. The normalized spacial score (nSPS) is 17.2. The number of nitrogens with zero attached hydrogens (tertiary/aromatic N) is 2. The van der Waals surface area contributed by atoms with Gasteiger partial charge in [-0.05, 0) is 49.9 Å². The van der Waals surface area contributed by atoms with Crippen molar-refractivity contribution in [2.45, 2.75) is 32.2 Å². The zero-order valence-corrected chi connectivity index (χ0v) is 17.9. The molecular formula is C19H28ClN5O2S. The monoisotopic (exact) mass is 425 g/mol. The van der Waals surface area contributed by atoms with E-state index in [2.05, 4.69) is 20.6 Å². The number of piperidine rings is 1. The van der Waals surface area contributed by atoms with Crippen molar-refractivity contribution in [1.82, 2.24) is 19.9 Å². The van der Waals surface area contributed by atoms with Crippen molar-refractivity contribution in [3.05, 3.63) is 35.0 Å². The number of aliphatic imine (C=N–C) groups is 1. The Morgan fingerprint density at radius 3 is 2.79 bits per heavy atom. The van der Waals surface area contributed by atoms with Crippen molar-refractivity contribution < 1.29 is 8.42 Å². The summed E-state index contributed by atoms with van der Waals surface area (Å²) in [4.78, 5) is 7.56. The summed E-state index contributed by atoms with van der Waals surface area (Å²) in [5.74, 6) is 0.905. The third-order valence-corrected chi connectivity index (χ3v) is 7.31. The molecule has 3 N–H and O–H groups in total. The van der Waals surface area contributed by atoms with E-state index in [9.17, 15) is 8.42 Å². The summed E-state index contributed by atoms with van der Waals surface area (Å²) in [5, 5.41) is 8.63. The first-order chi connectivity index (χ1) is 13.4. The van der Waals surface area contributed by atoms with Crippen LogP contribution in [0.4, 0.5) is 0 Å². The van der Waals surface area contributed by atoms with Gasteiger partial charge < -0.3 is 15.6 Å². The highest BCUT2D eigenvalue weighted by Gasteiger charge is 2.26. The number of nitrogens with one attached hydrogen (secondary N) is 3. The lowest BCUT2D eigenvalue weighted by atomic mass is 10.1. The van der Waals surface area contributed by atoms with Crippen LogP contribution in [0.25, 0.3) is 10.9 Å². The topological polar surface area (TPSA) is 89.6 Å². The van der Waals surface area contributed by atoms with E-state index in [1.54, 1.807) is 18.3 Å². The first kappa shape index (κ1) is 21.0. The molecule has 2 heterocycles. The number of benzene rings is 1. The molecule has 0 amide bonds. The number of hydrogen-bond donors (Lipinski definition) is 3. The van der Waals surface area contributed by atoms with Gasteiger partial charge in [-0.3, -0.25) is 4.99 Å². The van der Waals surface area contributed by atoms with Crippen LogP contribution in [0.15, 0.2) is 29.4 Å². The van der Waals surface area contributed by atoms with Crippen LogP contribution in [0.5, 0.6) is 0 Å². The lowest BCUT2D eigenvalue weighted by Gasteiger charge is -2.32. The number of sulfonamides is 1. The maximum atomic E-state index is 12.0. The Labute approximate surface area is 171 Å². The van der Waals surface area contributed by atoms with Gasteiger partial charge in [0.05, 0.1) is 5.75 Å². The second-order valence-corrected chi connectivity index (χ2v) is 9.67. The number of guanidine groups is 1. The Kier molecular flexibility index (Phi) is 6.85. The smallest absolute Gasteiger partial charge is 0.213 e. The quantitative estimate of drug-likeness (QED) is 0.489. The van der Waals surface area contributed by atoms with Gasteiger partial charge in [0.25, 0.3) is 0 Å². The number of H-pyrrole nitrogens is 1. The summed E-state index contributed by atoms with van der Waals surface area (Å²) in [5.41, 5.74) is 2.29. The Morgan fingerprint density at radius 2 is 2.11 bits per heavy atom. The number of rotatable bonds is 6. The van der Waals surface area contributed by atoms with E-state index in [0.29, 0.717) is 13.1 Å². The Balaban J connectivity index is 1.48. The molecule has 7 nitrogen and oxygen atoms in total. The minimum absolute atomic E-state index is 0.160. The van der Waals surface area contributed by atoms with Crippen LogP contribution in [0.2, 0.25) is 5.02 Å². The van der Waals surface area contributed by atoms with Gasteiger partial charge in [-0.15, -0.1) is 0 Å². The molecule has 0 unspecified atom stereocenters. The Hall–Kier alpha value is -1.77. The van der Waals surface area contributed by atoms with Gasteiger partial charge in [0.2, 0.25) is 10.0 Å². The zero-order chi connectivity index (χ0) is 20.1. The third kappa shape index (κ3) is 4.98. The molecule has 2 aromatic rings. The highest BCUT2D eigenvalue weighted by Crippen LogP contribution is 2.22. The van der Waals surface area contributed by atoms with E-state index in [-0.39, 0.29) is 11.8 Å². The van der Waals surface area contributed by atoms with Gasteiger partial charge in [0.15, 0.2) is 5.96 Å². The van der Waals surface area contributed by atoms with Crippen molar-refractivity contribution in [3.63, 3.8) is 0 Å². The standard InChI is InChI=1S/C19H28ClN5O2S/c1-3-28(26,27)25-10-7-16(8-11-25)24-19(21-2)22-9-6-14-13-23-18-5-4-15(20)12-17(14)18/h4-5,12-13,16,23H,3,6-11H2,1-2H3,(H2,21,22,24). The molecule has 0 radical (unpaired) electrons. The number of halogens is 1. The third-order valence-electron chi connectivity index (χ3n) is 5.19. The van der Waals surface area contributed by atoms with Crippen molar-refractivity contribution in [2.75, 3.05) is 32.4 Å². The number of aromatic amines is 1. The molecule has 0 atom stereocenters.